The van der Waals surface area contributed by atoms with Crippen LogP contribution in [0.4, 0.5) is 4.79 Å². The second-order valence-electron chi connectivity index (χ2n) is 4.00. The van der Waals surface area contributed by atoms with E-state index in [1.807, 2.05) is 13.8 Å². The molecular formula is C9H13N5O2. The number of aromatic nitrogens is 3. The van der Waals surface area contributed by atoms with Crippen LogP contribution >= 0.6 is 0 Å². The van der Waals surface area contributed by atoms with Gasteiger partial charge in [-0.15, -0.1) is 5.10 Å². The molecule has 0 aliphatic carbocycles. The molecule has 1 aromatic heterocycles. The minimum absolute atomic E-state index is 0.230. The smallest absolute Gasteiger partial charge is 0.322 e. The van der Waals surface area contributed by atoms with E-state index in [4.69, 9.17) is 0 Å². The van der Waals surface area contributed by atoms with Crippen LogP contribution in [0.3, 0.4) is 0 Å². The van der Waals surface area contributed by atoms with Crippen LogP contribution in [0.15, 0.2) is 6.20 Å². The van der Waals surface area contributed by atoms with E-state index in [-0.39, 0.29) is 11.9 Å². The van der Waals surface area contributed by atoms with Gasteiger partial charge in [-0.25, -0.2) is 9.48 Å². The summed E-state index contributed by atoms with van der Waals surface area (Å²) in [6, 6.07) is -0.760. The van der Waals surface area contributed by atoms with Crippen LogP contribution in [0.2, 0.25) is 0 Å². The summed E-state index contributed by atoms with van der Waals surface area (Å²) in [6.45, 7) is 3.98. The number of hydrogen-bond donors (Lipinski definition) is 2. The molecule has 0 spiro atoms. The quantitative estimate of drug-likeness (QED) is 0.683. The zero-order valence-corrected chi connectivity index (χ0v) is 9.10. The molecule has 1 saturated heterocycles. The van der Waals surface area contributed by atoms with Crippen LogP contribution in [0.25, 0.3) is 0 Å². The number of carbonyl (C=O) groups is 2. The third kappa shape index (κ3) is 2.02. The molecule has 7 nitrogen and oxygen atoms in total. The number of nitrogens with zero attached hydrogens (tertiary/aromatic N) is 3. The second kappa shape index (κ2) is 3.92. The molecule has 1 atom stereocenters. The zero-order chi connectivity index (χ0) is 11.7. The minimum Gasteiger partial charge on any atom is -0.326 e. The number of rotatable bonds is 3. The van der Waals surface area contributed by atoms with Gasteiger partial charge in [0.2, 0.25) is 0 Å². The van der Waals surface area contributed by atoms with Crippen molar-refractivity contribution in [2.75, 3.05) is 0 Å². The van der Waals surface area contributed by atoms with Crippen LogP contribution < -0.4 is 10.6 Å². The van der Waals surface area contributed by atoms with Gasteiger partial charge in [0.25, 0.3) is 5.91 Å². The molecule has 7 heteroatoms. The molecule has 0 bridgehead atoms. The highest BCUT2D eigenvalue weighted by atomic mass is 16.2. The SMILES string of the molecule is CC(C)n1cc(CC2NC(=O)NC2=O)nn1. The highest BCUT2D eigenvalue weighted by Crippen LogP contribution is 2.06. The number of imide groups is 1. The molecular weight excluding hydrogens is 210 g/mol. The lowest BCUT2D eigenvalue weighted by Gasteiger charge is -2.03. The lowest BCUT2D eigenvalue weighted by molar-refractivity contribution is -0.120. The third-order valence-corrected chi connectivity index (χ3v) is 2.36. The molecule has 1 aliphatic rings. The first-order chi connectivity index (χ1) is 7.56. The topological polar surface area (TPSA) is 88.9 Å². The van der Waals surface area contributed by atoms with Gasteiger partial charge in [0.1, 0.15) is 6.04 Å². The predicted molar refractivity (Wildman–Crippen MR) is 54.6 cm³/mol. The second-order valence-corrected chi connectivity index (χ2v) is 4.00. The van der Waals surface area contributed by atoms with Crippen molar-refractivity contribution < 1.29 is 9.59 Å². The van der Waals surface area contributed by atoms with Crippen LogP contribution in [-0.4, -0.2) is 33.0 Å². The number of urea groups is 1. The molecule has 1 fully saturated rings. The molecule has 0 saturated carbocycles. The van der Waals surface area contributed by atoms with Gasteiger partial charge in [-0.05, 0) is 13.8 Å². The lowest BCUT2D eigenvalue weighted by atomic mass is 10.2. The van der Waals surface area contributed by atoms with E-state index in [0.29, 0.717) is 12.1 Å². The molecule has 86 valence electrons. The molecule has 2 rings (SSSR count). The fourth-order valence-corrected chi connectivity index (χ4v) is 1.47. The standard InChI is InChI=1S/C9H13N5O2/c1-5(2)14-4-6(12-13-14)3-7-8(15)11-9(16)10-7/h4-5,7H,3H2,1-2H3,(H2,10,11,15,16). The van der Waals surface area contributed by atoms with Crippen molar-refractivity contribution in [3.63, 3.8) is 0 Å². The van der Waals surface area contributed by atoms with E-state index >= 15 is 0 Å². The Morgan fingerprint density at radius 3 is 2.75 bits per heavy atom. The zero-order valence-electron chi connectivity index (χ0n) is 9.10. The van der Waals surface area contributed by atoms with Gasteiger partial charge in [-0.1, -0.05) is 5.21 Å². The average Bonchev–Trinajstić information content (AvgIpc) is 2.75. The molecule has 2 N–H and O–H groups in total. The van der Waals surface area contributed by atoms with Crippen molar-refractivity contribution in [1.29, 1.82) is 0 Å². The van der Waals surface area contributed by atoms with E-state index in [9.17, 15) is 9.59 Å². The Hall–Kier alpha value is -1.92. The van der Waals surface area contributed by atoms with Crippen LogP contribution in [0, 0.1) is 0 Å². The van der Waals surface area contributed by atoms with Crippen molar-refractivity contribution in [1.82, 2.24) is 25.6 Å². The molecule has 16 heavy (non-hydrogen) atoms. The van der Waals surface area contributed by atoms with Crippen molar-refractivity contribution in [3.8, 4) is 0 Å². The Labute approximate surface area is 92.2 Å². The Morgan fingerprint density at radius 1 is 1.50 bits per heavy atom. The Morgan fingerprint density at radius 2 is 2.25 bits per heavy atom. The molecule has 1 aromatic rings. The van der Waals surface area contributed by atoms with Gasteiger partial charge >= 0.3 is 6.03 Å². The van der Waals surface area contributed by atoms with E-state index in [2.05, 4.69) is 20.9 Å². The van der Waals surface area contributed by atoms with E-state index in [1.165, 1.54) is 0 Å². The predicted octanol–water partition coefficient (Wildman–Crippen LogP) is -0.390. The average molecular weight is 223 g/mol. The van der Waals surface area contributed by atoms with Gasteiger partial charge in [-0.3, -0.25) is 10.1 Å². The first-order valence-electron chi connectivity index (χ1n) is 5.08. The summed E-state index contributed by atoms with van der Waals surface area (Å²) in [5.41, 5.74) is 0.691. The molecule has 2 heterocycles. The summed E-state index contributed by atoms with van der Waals surface area (Å²) in [5, 5.41) is 12.6. The number of carbonyl (C=O) groups excluding carboxylic acids is 2. The lowest BCUT2D eigenvalue weighted by Crippen LogP contribution is -2.31. The maximum absolute atomic E-state index is 11.3. The summed E-state index contributed by atoms with van der Waals surface area (Å²) in [6.07, 6.45) is 2.15. The third-order valence-electron chi connectivity index (χ3n) is 2.36. The maximum Gasteiger partial charge on any atom is 0.322 e. The number of amides is 3. The summed E-state index contributed by atoms with van der Waals surface area (Å²) in [7, 11) is 0. The normalized spacial score (nSPS) is 20.1. The van der Waals surface area contributed by atoms with Crippen LogP contribution in [0.5, 0.6) is 0 Å². The van der Waals surface area contributed by atoms with Crippen molar-refractivity contribution in [2.45, 2.75) is 32.4 Å². The van der Waals surface area contributed by atoms with E-state index < -0.39 is 12.1 Å². The Balaban J connectivity index is 2.04. The molecule has 1 aliphatic heterocycles. The van der Waals surface area contributed by atoms with Gasteiger partial charge in [0, 0.05) is 18.7 Å². The van der Waals surface area contributed by atoms with Crippen molar-refractivity contribution in [2.24, 2.45) is 0 Å². The first kappa shape index (κ1) is 10.6. The number of hydrogen-bond acceptors (Lipinski definition) is 4. The Kier molecular flexibility index (Phi) is 2.59. The highest BCUT2D eigenvalue weighted by Gasteiger charge is 2.30. The van der Waals surface area contributed by atoms with Crippen LogP contribution in [0.1, 0.15) is 25.6 Å². The monoisotopic (exact) mass is 223 g/mol. The van der Waals surface area contributed by atoms with Crippen molar-refractivity contribution in [3.05, 3.63) is 11.9 Å². The summed E-state index contributed by atoms with van der Waals surface area (Å²) < 4.78 is 1.71. The van der Waals surface area contributed by atoms with Gasteiger partial charge in [0.05, 0.1) is 5.69 Å². The van der Waals surface area contributed by atoms with Crippen LogP contribution in [-0.2, 0) is 11.2 Å². The summed E-state index contributed by atoms with van der Waals surface area (Å²) in [4.78, 5) is 22.2. The van der Waals surface area contributed by atoms with E-state index in [0.717, 1.165) is 0 Å². The van der Waals surface area contributed by atoms with E-state index in [1.54, 1.807) is 10.9 Å². The minimum atomic E-state index is -0.537. The van der Waals surface area contributed by atoms with Gasteiger partial charge in [-0.2, -0.15) is 0 Å². The highest BCUT2D eigenvalue weighted by molar-refractivity contribution is 6.04. The van der Waals surface area contributed by atoms with Gasteiger partial charge in [0.15, 0.2) is 0 Å². The first-order valence-corrected chi connectivity index (χ1v) is 5.08. The van der Waals surface area contributed by atoms with Crippen molar-refractivity contribution >= 4 is 11.9 Å². The molecule has 0 aromatic carbocycles. The van der Waals surface area contributed by atoms with Gasteiger partial charge < -0.3 is 5.32 Å². The Bertz CT molecular complexity index is 425. The number of nitrogens with one attached hydrogen (secondary N) is 2. The molecule has 3 amide bonds. The summed E-state index contributed by atoms with van der Waals surface area (Å²) in [5.74, 6) is -0.316. The molecule has 1 unspecified atom stereocenters. The fraction of sp³-hybridized carbons (Fsp3) is 0.556. The largest absolute Gasteiger partial charge is 0.326 e. The molecule has 0 radical (unpaired) electrons. The fourth-order valence-electron chi connectivity index (χ4n) is 1.47. The maximum atomic E-state index is 11.3. The summed E-state index contributed by atoms with van der Waals surface area (Å²) >= 11 is 0.